The maximum Gasteiger partial charge on any atom is 0.119 e. The largest absolute Gasteiger partial charge is 0.497 e. The molecule has 3 aromatic rings. The van der Waals surface area contributed by atoms with Gasteiger partial charge in [-0.1, -0.05) is 0 Å². The third-order valence-electron chi connectivity index (χ3n) is 4.04. The van der Waals surface area contributed by atoms with Gasteiger partial charge in [-0.25, -0.2) is 4.99 Å². The molecule has 0 aliphatic heterocycles. The first-order chi connectivity index (χ1) is 12.7. The van der Waals surface area contributed by atoms with Crippen LogP contribution in [0, 0.1) is 0 Å². The molecular weight excluding hydrogens is 518 g/mol. The molecule has 0 bridgehead atoms. The van der Waals surface area contributed by atoms with Crippen LogP contribution in [0.15, 0.2) is 77.8 Å². The Bertz CT molecular complexity index is 823. The number of nitrogens with zero attached hydrogens (tertiary/aromatic N) is 1. The summed E-state index contributed by atoms with van der Waals surface area (Å²) in [6, 6.07) is 23.4. The van der Waals surface area contributed by atoms with E-state index in [1.165, 1.54) is 0 Å². The van der Waals surface area contributed by atoms with Gasteiger partial charge in [0.1, 0.15) is 17.2 Å². The average Bonchev–Trinajstić information content (AvgIpc) is 2.73. The van der Waals surface area contributed by atoms with Gasteiger partial charge in [0.2, 0.25) is 0 Å². The van der Waals surface area contributed by atoms with E-state index in [4.69, 9.17) is 19.2 Å². The van der Waals surface area contributed by atoms with E-state index in [1.807, 2.05) is 72.8 Å². The zero-order valence-electron chi connectivity index (χ0n) is 15.4. The van der Waals surface area contributed by atoms with Crippen molar-refractivity contribution in [2.75, 3.05) is 21.3 Å². The van der Waals surface area contributed by atoms with Gasteiger partial charge in [0.15, 0.2) is 0 Å². The second-order valence-electron chi connectivity index (χ2n) is 5.62. The van der Waals surface area contributed by atoms with Crippen LogP contribution in [-0.2, 0) is 20.1 Å². The molecule has 3 rings (SSSR count). The minimum Gasteiger partial charge on any atom is -0.497 e. The van der Waals surface area contributed by atoms with Crippen molar-refractivity contribution in [2.45, 2.75) is 0 Å². The molecule has 0 aliphatic carbocycles. The zero-order valence-corrected chi connectivity index (χ0v) is 17.8. The summed E-state index contributed by atoms with van der Waals surface area (Å²) in [5.41, 5.74) is 3.74. The van der Waals surface area contributed by atoms with Crippen LogP contribution in [-0.4, -0.2) is 27.0 Å². The minimum atomic E-state index is 0. The molecule has 0 saturated heterocycles. The van der Waals surface area contributed by atoms with E-state index < -0.39 is 0 Å². The summed E-state index contributed by atoms with van der Waals surface area (Å²) in [4.78, 5) is 4.86. The van der Waals surface area contributed by atoms with E-state index in [0.29, 0.717) is 0 Å². The summed E-state index contributed by atoms with van der Waals surface area (Å²) < 4.78 is 15.7. The van der Waals surface area contributed by atoms with Gasteiger partial charge in [-0.15, -0.1) is 0 Å². The van der Waals surface area contributed by atoms with Crippen LogP contribution in [0.4, 0.5) is 5.69 Å². The van der Waals surface area contributed by atoms with E-state index in [-0.39, 0.29) is 20.1 Å². The Morgan fingerprint density at radius 3 is 1.22 bits per heavy atom. The second kappa shape index (κ2) is 9.91. The maximum absolute atomic E-state index is 5.26. The summed E-state index contributed by atoms with van der Waals surface area (Å²) in [7, 11) is 4.97. The molecule has 141 valence electrons. The second-order valence-corrected chi connectivity index (χ2v) is 5.62. The Labute approximate surface area is 173 Å². The van der Waals surface area contributed by atoms with Crippen LogP contribution >= 0.6 is 0 Å². The SMILES string of the molecule is COc1ccc(N=C(c2ccc(OC)cc2)c2ccc(OC)cc2)cc1.[Ir]. The zero-order chi connectivity index (χ0) is 18.4. The Morgan fingerprint density at radius 1 is 0.556 bits per heavy atom. The molecule has 0 aliphatic rings. The monoisotopic (exact) mass is 540 g/mol. The molecule has 0 amide bonds. The first-order valence-corrected chi connectivity index (χ1v) is 8.25. The van der Waals surface area contributed by atoms with Crippen LogP contribution in [0.25, 0.3) is 0 Å². The molecule has 0 heterocycles. The fraction of sp³-hybridized carbons (Fsp3) is 0.136. The van der Waals surface area contributed by atoms with Crippen LogP contribution in [0.1, 0.15) is 11.1 Å². The number of hydrogen-bond donors (Lipinski definition) is 0. The molecule has 0 atom stereocenters. The Balaban J connectivity index is 0.00000261. The number of ether oxygens (including phenoxy) is 3. The quantitative estimate of drug-likeness (QED) is 0.420. The smallest absolute Gasteiger partial charge is 0.119 e. The van der Waals surface area contributed by atoms with Gasteiger partial charge in [-0.05, 0) is 72.8 Å². The Morgan fingerprint density at radius 2 is 0.889 bits per heavy atom. The van der Waals surface area contributed by atoms with E-state index in [1.54, 1.807) is 21.3 Å². The summed E-state index contributed by atoms with van der Waals surface area (Å²) in [5, 5.41) is 0. The third-order valence-corrected chi connectivity index (χ3v) is 4.04. The minimum absolute atomic E-state index is 0. The van der Waals surface area contributed by atoms with E-state index in [0.717, 1.165) is 39.8 Å². The fourth-order valence-corrected chi connectivity index (χ4v) is 2.58. The molecule has 1 radical (unpaired) electrons. The van der Waals surface area contributed by atoms with E-state index in [9.17, 15) is 0 Å². The molecule has 5 heteroatoms. The van der Waals surface area contributed by atoms with Crippen molar-refractivity contribution < 1.29 is 34.3 Å². The molecule has 0 aromatic heterocycles. The van der Waals surface area contributed by atoms with Crippen molar-refractivity contribution in [3.8, 4) is 17.2 Å². The molecule has 0 N–H and O–H groups in total. The molecular formula is C22H21IrNO3. The number of rotatable bonds is 6. The Kier molecular flexibility index (Phi) is 7.59. The van der Waals surface area contributed by atoms with Crippen molar-refractivity contribution in [1.29, 1.82) is 0 Å². The summed E-state index contributed by atoms with van der Waals surface area (Å²) >= 11 is 0. The van der Waals surface area contributed by atoms with Gasteiger partial charge in [0, 0.05) is 31.2 Å². The molecule has 27 heavy (non-hydrogen) atoms. The Hall–Kier alpha value is -2.62. The van der Waals surface area contributed by atoms with Crippen molar-refractivity contribution in [2.24, 2.45) is 4.99 Å². The van der Waals surface area contributed by atoms with Crippen molar-refractivity contribution in [1.82, 2.24) is 0 Å². The van der Waals surface area contributed by atoms with Crippen molar-refractivity contribution in [3.05, 3.63) is 83.9 Å². The first kappa shape index (κ1) is 20.7. The topological polar surface area (TPSA) is 40.0 Å². The summed E-state index contributed by atoms with van der Waals surface area (Å²) in [6.07, 6.45) is 0. The number of benzene rings is 3. The number of methoxy groups -OCH3 is 3. The molecule has 4 nitrogen and oxygen atoms in total. The predicted molar refractivity (Wildman–Crippen MR) is 104 cm³/mol. The van der Waals surface area contributed by atoms with Crippen molar-refractivity contribution >= 4 is 11.4 Å². The number of aliphatic imine (C=N–C) groups is 1. The fourth-order valence-electron chi connectivity index (χ4n) is 2.58. The molecule has 0 fully saturated rings. The molecule has 0 saturated carbocycles. The predicted octanol–water partition coefficient (Wildman–Crippen LogP) is 4.88. The van der Waals surface area contributed by atoms with E-state index in [2.05, 4.69) is 0 Å². The van der Waals surface area contributed by atoms with Gasteiger partial charge < -0.3 is 14.2 Å². The van der Waals surface area contributed by atoms with Gasteiger partial charge in [0.25, 0.3) is 0 Å². The van der Waals surface area contributed by atoms with Gasteiger partial charge in [-0.2, -0.15) is 0 Å². The average molecular weight is 540 g/mol. The summed E-state index contributed by atoms with van der Waals surface area (Å²) in [6.45, 7) is 0. The van der Waals surface area contributed by atoms with E-state index >= 15 is 0 Å². The maximum atomic E-state index is 5.26. The van der Waals surface area contributed by atoms with Gasteiger partial charge in [0.05, 0.1) is 32.7 Å². The van der Waals surface area contributed by atoms with Crippen LogP contribution in [0.2, 0.25) is 0 Å². The molecule has 0 spiro atoms. The third kappa shape index (κ3) is 5.19. The first-order valence-electron chi connectivity index (χ1n) is 8.25. The number of hydrogen-bond acceptors (Lipinski definition) is 4. The van der Waals surface area contributed by atoms with Crippen molar-refractivity contribution in [3.63, 3.8) is 0 Å². The molecule has 3 aromatic carbocycles. The van der Waals surface area contributed by atoms with Crippen LogP contribution < -0.4 is 14.2 Å². The van der Waals surface area contributed by atoms with Gasteiger partial charge in [-0.3, -0.25) is 0 Å². The molecule has 0 unspecified atom stereocenters. The van der Waals surface area contributed by atoms with Gasteiger partial charge >= 0.3 is 0 Å². The normalized spacial score (nSPS) is 9.74. The summed E-state index contributed by atoms with van der Waals surface area (Å²) in [5.74, 6) is 2.43. The van der Waals surface area contributed by atoms with Crippen LogP contribution in [0.3, 0.4) is 0 Å². The van der Waals surface area contributed by atoms with Crippen LogP contribution in [0.5, 0.6) is 17.2 Å². The standard InChI is InChI=1S/C22H21NO3.Ir/c1-24-19-10-4-16(5-11-19)22(17-6-12-20(25-2)13-7-17)23-18-8-14-21(26-3)15-9-18;/h4-15H,1-3H3;.